The van der Waals surface area contributed by atoms with Gasteiger partial charge in [0.1, 0.15) is 5.82 Å². The highest BCUT2D eigenvalue weighted by Crippen LogP contribution is 2.20. The lowest BCUT2D eigenvalue weighted by atomic mass is 10.1. The van der Waals surface area contributed by atoms with Crippen molar-refractivity contribution in [2.45, 2.75) is 6.92 Å². The molecule has 4 nitrogen and oxygen atoms in total. The summed E-state index contributed by atoms with van der Waals surface area (Å²) < 4.78 is 0. The van der Waals surface area contributed by atoms with Crippen LogP contribution in [-0.4, -0.2) is 16.1 Å². The molecule has 0 spiro atoms. The Balaban J connectivity index is 2.76. The van der Waals surface area contributed by atoms with Gasteiger partial charge in [-0.25, -0.2) is 9.78 Å². The normalized spacial score (nSPS) is 10.5. The number of rotatable bonds is 1. The third kappa shape index (κ3) is 1.61. The Morgan fingerprint density at radius 1 is 1.40 bits per heavy atom. The number of benzene rings is 1. The molecule has 0 aliphatic carbocycles. The standard InChI is InChI=1S/C11H10N2O2/c1-6-4-10(12)13-9-3-2-7(11(14)15)5-8(6)9/h2-5H,1H3,(H2,12,13)(H,14,15). The fourth-order valence-electron chi connectivity index (χ4n) is 1.55. The first-order valence-corrected chi connectivity index (χ1v) is 4.48. The van der Waals surface area contributed by atoms with Crippen molar-refractivity contribution < 1.29 is 9.90 Å². The highest BCUT2D eigenvalue weighted by atomic mass is 16.4. The third-order valence-corrected chi connectivity index (χ3v) is 2.28. The van der Waals surface area contributed by atoms with Gasteiger partial charge in [-0.2, -0.15) is 0 Å². The number of nitrogen functional groups attached to an aromatic ring is 1. The van der Waals surface area contributed by atoms with E-state index in [4.69, 9.17) is 10.8 Å². The van der Waals surface area contributed by atoms with Crippen molar-refractivity contribution >= 4 is 22.7 Å². The van der Waals surface area contributed by atoms with E-state index in [1.807, 2.05) is 6.92 Å². The van der Waals surface area contributed by atoms with Gasteiger partial charge in [0.15, 0.2) is 0 Å². The van der Waals surface area contributed by atoms with Crippen LogP contribution in [0, 0.1) is 6.92 Å². The van der Waals surface area contributed by atoms with E-state index < -0.39 is 5.97 Å². The number of fused-ring (bicyclic) bond motifs is 1. The molecule has 0 aliphatic rings. The number of hydrogen-bond acceptors (Lipinski definition) is 3. The van der Waals surface area contributed by atoms with Crippen LogP contribution in [0.1, 0.15) is 15.9 Å². The number of carbonyl (C=O) groups is 1. The van der Waals surface area contributed by atoms with Crippen molar-refractivity contribution in [3.05, 3.63) is 35.4 Å². The molecule has 0 radical (unpaired) electrons. The van der Waals surface area contributed by atoms with Crippen LogP contribution in [0.5, 0.6) is 0 Å². The lowest BCUT2D eigenvalue weighted by molar-refractivity contribution is 0.0697. The van der Waals surface area contributed by atoms with Gasteiger partial charge >= 0.3 is 5.97 Å². The van der Waals surface area contributed by atoms with E-state index >= 15 is 0 Å². The molecule has 0 unspecified atom stereocenters. The first kappa shape index (κ1) is 9.45. The predicted octanol–water partition coefficient (Wildman–Crippen LogP) is 1.82. The second-order valence-corrected chi connectivity index (χ2v) is 3.40. The zero-order valence-corrected chi connectivity index (χ0v) is 8.19. The average Bonchev–Trinajstić information content (AvgIpc) is 2.16. The largest absolute Gasteiger partial charge is 0.478 e. The number of aryl methyl sites for hydroxylation is 1. The molecule has 0 amide bonds. The van der Waals surface area contributed by atoms with Gasteiger partial charge in [-0.05, 0) is 36.8 Å². The topological polar surface area (TPSA) is 76.2 Å². The van der Waals surface area contributed by atoms with Crippen LogP contribution in [-0.2, 0) is 0 Å². The van der Waals surface area contributed by atoms with Gasteiger partial charge in [-0.3, -0.25) is 0 Å². The number of aromatic nitrogens is 1. The minimum absolute atomic E-state index is 0.261. The van der Waals surface area contributed by atoms with Gasteiger partial charge in [-0.1, -0.05) is 0 Å². The first-order chi connectivity index (χ1) is 7.08. The maximum Gasteiger partial charge on any atom is 0.335 e. The van der Waals surface area contributed by atoms with E-state index in [2.05, 4.69) is 4.98 Å². The summed E-state index contributed by atoms with van der Waals surface area (Å²) in [5, 5.41) is 9.67. The van der Waals surface area contributed by atoms with Crippen LogP contribution in [0.2, 0.25) is 0 Å². The summed E-state index contributed by atoms with van der Waals surface area (Å²) >= 11 is 0. The summed E-state index contributed by atoms with van der Waals surface area (Å²) in [7, 11) is 0. The summed E-state index contributed by atoms with van der Waals surface area (Å²) in [6.07, 6.45) is 0. The smallest absolute Gasteiger partial charge is 0.335 e. The SMILES string of the molecule is Cc1cc(N)nc2ccc(C(=O)O)cc12. The summed E-state index contributed by atoms with van der Waals surface area (Å²) in [5.74, 6) is -0.490. The second-order valence-electron chi connectivity index (χ2n) is 3.40. The highest BCUT2D eigenvalue weighted by molar-refractivity contribution is 5.94. The van der Waals surface area contributed by atoms with E-state index in [1.165, 1.54) is 6.07 Å². The number of carboxylic acid groups (broad SMARTS) is 1. The number of pyridine rings is 1. The number of nitrogens with zero attached hydrogens (tertiary/aromatic N) is 1. The molecule has 0 bridgehead atoms. The number of nitrogens with two attached hydrogens (primary N) is 1. The van der Waals surface area contributed by atoms with Crippen molar-refractivity contribution in [2.75, 3.05) is 5.73 Å². The van der Waals surface area contributed by atoms with Gasteiger partial charge < -0.3 is 10.8 Å². The minimum atomic E-state index is -0.937. The molecule has 2 rings (SSSR count). The molecule has 3 N–H and O–H groups in total. The fraction of sp³-hybridized carbons (Fsp3) is 0.0909. The molecular weight excluding hydrogens is 192 g/mol. The number of carboxylic acids is 1. The van der Waals surface area contributed by atoms with E-state index in [9.17, 15) is 4.79 Å². The Bertz CT molecular complexity index is 550. The zero-order valence-electron chi connectivity index (χ0n) is 8.19. The van der Waals surface area contributed by atoms with Crippen LogP contribution in [0.25, 0.3) is 10.9 Å². The van der Waals surface area contributed by atoms with E-state index in [1.54, 1.807) is 18.2 Å². The zero-order chi connectivity index (χ0) is 11.0. The molecule has 1 heterocycles. The van der Waals surface area contributed by atoms with Gasteiger partial charge in [0.25, 0.3) is 0 Å². The predicted molar refractivity (Wildman–Crippen MR) is 57.9 cm³/mol. The Morgan fingerprint density at radius 2 is 2.13 bits per heavy atom. The van der Waals surface area contributed by atoms with E-state index in [0.717, 1.165) is 16.5 Å². The molecule has 0 aliphatic heterocycles. The maximum absolute atomic E-state index is 10.8. The Kier molecular flexibility index (Phi) is 2.04. The van der Waals surface area contributed by atoms with Crippen molar-refractivity contribution in [1.82, 2.24) is 4.98 Å². The van der Waals surface area contributed by atoms with Gasteiger partial charge in [0.2, 0.25) is 0 Å². The molecule has 0 fully saturated rings. The maximum atomic E-state index is 10.8. The third-order valence-electron chi connectivity index (χ3n) is 2.28. The summed E-state index contributed by atoms with van der Waals surface area (Å²) in [5.41, 5.74) is 7.51. The summed E-state index contributed by atoms with van der Waals surface area (Å²) in [6.45, 7) is 1.88. The van der Waals surface area contributed by atoms with Gasteiger partial charge in [-0.15, -0.1) is 0 Å². The number of anilines is 1. The lowest BCUT2D eigenvalue weighted by Gasteiger charge is -2.04. The van der Waals surface area contributed by atoms with E-state index in [-0.39, 0.29) is 5.56 Å². The van der Waals surface area contributed by atoms with Crippen LogP contribution in [0.3, 0.4) is 0 Å². The molecule has 0 atom stereocenters. The Hall–Kier alpha value is -2.10. The molecule has 2 aromatic rings. The van der Waals surface area contributed by atoms with Crippen molar-refractivity contribution in [1.29, 1.82) is 0 Å². The van der Waals surface area contributed by atoms with Crippen LogP contribution in [0.15, 0.2) is 24.3 Å². The molecule has 76 valence electrons. The monoisotopic (exact) mass is 202 g/mol. The average molecular weight is 202 g/mol. The lowest BCUT2D eigenvalue weighted by Crippen LogP contribution is -1.98. The number of aromatic carboxylic acids is 1. The second kappa shape index (κ2) is 3.24. The Morgan fingerprint density at radius 3 is 2.80 bits per heavy atom. The highest BCUT2D eigenvalue weighted by Gasteiger charge is 2.06. The molecule has 0 saturated carbocycles. The molecular formula is C11H10N2O2. The minimum Gasteiger partial charge on any atom is -0.478 e. The van der Waals surface area contributed by atoms with Gasteiger partial charge in [0.05, 0.1) is 11.1 Å². The first-order valence-electron chi connectivity index (χ1n) is 4.48. The van der Waals surface area contributed by atoms with E-state index in [0.29, 0.717) is 5.82 Å². The number of hydrogen-bond donors (Lipinski definition) is 2. The molecule has 1 aromatic heterocycles. The van der Waals surface area contributed by atoms with Crippen LogP contribution in [0.4, 0.5) is 5.82 Å². The van der Waals surface area contributed by atoms with Crippen LogP contribution >= 0.6 is 0 Å². The quantitative estimate of drug-likeness (QED) is 0.739. The Labute approximate surface area is 86.4 Å². The van der Waals surface area contributed by atoms with Crippen molar-refractivity contribution in [3.8, 4) is 0 Å². The van der Waals surface area contributed by atoms with Crippen molar-refractivity contribution in [2.24, 2.45) is 0 Å². The fourth-order valence-corrected chi connectivity index (χ4v) is 1.55. The molecule has 4 heteroatoms. The summed E-state index contributed by atoms with van der Waals surface area (Å²) in [4.78, 5) is 14.9. The molecule has 0 saturated heterocycles. The van der Waals surface area contributed by atoms with Crippen LogP contribution < -0.4 is 5.73 Å². The summed E-state index contributed by atoms with van der Waals surface area (Å²) in [6, 6.07) is 6.53. The van der Waals surface area contributed by atoms with Crippen molar-refractivity contribution in [3.63, 3.8) is 0 Å². The van der Waals surface area contributed by atoms with Gasteiger partial charge in [0, 0.05) is 5.39 Å². The molecule has 1 aromatic carbocycles. The molecule has 15 heavy (non-hydrogen) atoms.